The van der Waals surface area contributed by atoms with Crippen molar-refractivity contribution in [1.29, 1.82) is 0 Å². The zero-order chi connectivity index (χ0) is 17.6. The van der Waals surface area contributed by atoms with E-state index in [4.69, 9.17) is 0 Å². The number of pyridine rings is 1. The number of carbonyl (C=O) groups excluding carboxylic acids is 2. The van der Waals surface area contributed by atoms with Crippen molar-refractivity contribution in [2.45, 2.75) is 6.92 Å². The van der Waals surface area contributed by atoms with E-state index in [1.54, 1.807) is 24.4 Å². The highest BCUT2D eigenvalue weighted by molar-refractivity contribution is 6.02. The Morgan fingerprint density at radius 1 is 0.960 bits per heavy atom. The van der Waals surface area contributed by atoms with Gasteiger partial charge in [0.2, 0.25) is 5.91 Å². The minimum atomic E-state index is -0.435. The molecule has 0 spiro atoms. The fraction of sp³-hybridized carbons (Fsp3) is 0.105. The summed E-state index contributed by atoms with van der Waals surface area (Å²) in [4.78, 5) is 28.2. The molecule has 0 saturated heterocycles. The van der Waals surface area contributed by atoms with Crippen molar-refractivity contribution in [1.82, 2.24) is 10.3 Å². The number of hydrogen-bond acceptors (Lipinski definition) is 3. The van der Waals surface area contributed by atoms with E-state index in [0.29, 0.717) is 16.9 Å². The molecule has 0 atom stereocenters. The number of anilines is 2. The zero-order valence-electron chi connectivity index (χ0n) is 13.7. The molecule has 0 aliphatic carbocycles. The Labute approximate surface area is 145 Å². The van der Waals surface area contributed by atoms with Crippen LogP contribution in [0.2, 0.25) is 0 Å². The van der Waals surface area contributed by atoms with Crippen molar-refractivity contribution in [2.75, 3.05) is 17.2 Å². The molecule has 0 unspecified atom stereocenters. The molecule has 0 bridgehead atoms. The fourth-order valence-corrected chi connectivity index (χ4v) is 2.37. The van der Waals surface area contributed by atoms with Gasteiger partial charge >= 0.3 is 6.03 Å². The van der Waals surface area contributed by atoms with Crippen LogP contribution in [0.5, 0.6) is 0 Å². The van der Waals surface area contributed by atoms with Crippen LogP contribution < -0.4 is 16.0 Å². The summed E-state index contributed by atoms with van der Waals surface area (Å²) < 4.78 is 0. The summed E-state index contributed by atoms with van der Waals surface area (Å²) in [6.45, 7) is 1.83. The molecule has 0 radical (unpaired) electrons. The molecule has 1 aromatic heterocycles. The highest BCUT2D eigenvalue weighted by Crippen LogP contribution is 2.20. The van der Waals surface area contributed by atoms with Crippen LogP contribution in [0.15, 0.2) is 60.8 Å². The van der Waals surface area contributed by atoms with Crippen LogP contribution in [0.4, 0.5) is 16.2 Å². The van der Waals surface area contributed by atoms with Crippen molar-refractivity contribution < 1.29 is 9.59 Å². The topological polar surface area (TPSA) is 83.1 Å². The Bertz CT molecular complexity index is 901. The first-order chi connectivity index (χ1) is 12.1. The van der Waals surface area contributed by atoms with Gasteiger partial charge in [-0.3, -0.25) is 9.78 Å². The van der Waals surface area contributed by atoms with Gasteiger partial charge in [0.05, 0.1) is 17.7 Å². The summed E-state index contributed by atoms with van der Waals surface area (Å²) in [6, 6.07) is 16.3. The Hall–Kier alpha value is -3.41. The van der Waals surface area contributed by atoms with E-state index >= 15 is 0 Å². The molecule has 3 rings (SSSR count). The lowest BCUT2D eigenvalue weighted by Crippen LogP contribution is -2.35. The van der Waals surface area contributed by atoms with Gasteiger partial charge in [0.15, 0.2) is 0 Å². The first kappa shape index (κ1) is 16.4. The molecule has 0 aliphatic rings. The second-order valence-corrected chi connectivity index (χ2v) is 5.60. The van der Waals surface area contributed by atoms with Crippen molar-refractivity contribution in [3.63, 3.8) is 0 Å². The lowest BCUT2D eigenvalue weighted by molar-refractivity contribution is -0.115. The SMILES string of the molecule is Cc1ccc(NC(=O)NCC(=O)Nc2cccc3cccnc23)cc1. The van der Waals surface area contributed by atoms with E-state index in [-0.39, 0.29) is 12.5 Å². The number of hydrogen-bond donors (Lipinski definition) is 3. The third-order valence-electron chi connectivity index (χ3n) is 3.63. The number of nitrogens with one attached hydrogen (secondary N) is 3. The molecule has 3 N–H and O–H groups in total. The minimum Gasteiger partial charge on any atom is -0.329 e. The Morgan fingerprint density at radius 2 is 1.72 bits per heavy atom. The highest BCUT2D eigenvalue weighted by atomic mass is 16.2. The van der Waals surface area contributed by atoms with E-state index in [1.807, 2.05) is 43.3 Å². The number of carbonyl (C=O) groups is 2. The zero-order valence-corrected chi connectivity index (χ0v) is 13.7. The van der Waals surface area contributed by atoms with Gasteiger partial charge in [-0.2, -0.15) is 0 Å². The molecule has 0 saturated carbocycles. The molecular formula is C19H18N4O2. The van der Waals surface area contributed by atoms with Crippen molar-refractivity contribution >= 4 is 34.2 Å². The van der Waals surface area contributed by atoms with Crippen molar-refractivity contribution in [3.05, 3.63) is 66.4 Å². The summed E-state index contributed by atoms with van der Waals surface area (Å²) >= 11 is 0. The maximum absolute atomic E-state index is 12.1. The van der Waals surface area contributed by atoms with E-state index in [0.717, 1.165) is 10.9 Å². The molecule has 25 heavy (non-hydrogen) atoms. The molecule has 0 aliphatic heterocycles. The molecule has 3 amide bonds. The summed E-state index contributed by atoms with van der Waals surface area (Å²) in [5.41, 5.74) is 3.10. The van der Waals surface area contributed by atoms with Crippen LogP contribution in [0.25, 0.3) is 10.9 Å². The number of fused-ring (bicyclic) bond motifs is 1. The number of amides is 3. The quantitative estimate of drug-likeness (QED) is 0.684. The predicted octanol–water partition coefficient (Wildman–Crippen LogP) is 3.30. The maximum Gasteiger partial charge on any atom is 0.319 e. The number of rotatable bonds is 4. The van der Waals surface area contributed by atoms with Crippen LogP contribution in [-0.2, 0) is 4.79 Å². The van der Waals surface area contributed by atoms with Crippen LogP contribution in [0.3, 0.4) is 0 Å². The normalized spacial score (nSPS) is 10.3. The fourth-order valence-electron chi connectivity index (χ4n) is 2.37. The summed E-state index contributed by atoms with van der Waals surface area (Å²) in [5, 5.41) is 8.91. The van der Waals surface area contributed by atoms with E-state index < -0.39 is 6.03 Å². The predicted molar refractivity (Wildman–Crippen MR) is 98.6 cm³/mol. The molecule has 1 heterocycles. The Morgan fingerprint density at radius 3 is 2.52 bits per heavy atom. The number of nitrogens with zero attached hydrogens (tertiary/aromatic N) is 1. The van der Waals surface area contributed by atoms with Gasteiger partial charge in [0, 0.05) is 17.3 Å². The summed E-state index contributed by atoms with van der Waals surface area (Å²) in [7, 11) is 0. The summed E-state index contributed by atoms with van der Waals surface area (Å²) in [6.07, 6.45) is 1.67. The average Bonchev–Trinajstić information content (AvgIpc) is 2.62. The van der Waals surface area contributed by atoms with Crippen LogP contribution in [0, 0.1) is 6.92 Å². The number of aromatic nitrogens is 1. The molecule has 3 aromatic rings. The van der Waals surface area contributed by atoms with Gasteiger partial charge < -0.3 is 16.0 Å². The smallest absolute Gasteiger partial charge is 0.319 e. The van der Waals surface area contributed by atoms with Crippen molar-refractivity contribution in [2.24, 2.45) is 0 Å². The van der Waals surface area contributed by atoms with Crippen LogP contribution >= 0.6 is 0 Å². The number of urea groups is 1. The van der Waals surface area contributed by atoms with Crippen molar-refractivity contribution in [3.8, 4) is 0 Å². The molecule has 6 heteroatoms. The van der Waals surface area contributed by atoms with Gasteiger partial charge in [-0.1, -0.05) is 35.9 Å². The second-order valence-electron chi connectivity index (χ2n) is 5.60. The largest absolute Gasteiger partial charge is 0.329 e. The highest BCUT2D eigenvalue weighted by Gasteiger charge is 2.08. The Kier molecular flexibility index (Phi) is 4.89. The van der Waals surface area contributed by atoms with Gasteiger partial charge in [0.1, 0.15) is 0 Å². The average molecular weight is 334 g/mol. The minimum absolute atomic E-state index is 0.138. The van der Waals surface area contributed by atoms with E-state index in [2.05, 4.69) is 20.9 Å². The van der Waals surface area contributed by atoms with Gasteiger partial charge in [-0.05, 0) is 31.2 Å². The number of aryl methyl sites for hydroxylation is 1. The first-order valence-corrected chi connectivity index (χ1v) is 7.87. The first-order valence-electron chi connectivity index (χ1n) is 7.87. The van der Waals surface area contributed by atoms with E-state index in [9.17, 15) is 9.59 Å². The second kappa shape index (κ2) is 7.44. The van der Waals surface area contributed by atoms with Crippen LogP contribution in [0.1, 0.15) is 5.56 Å². The maximum atomic E-state index is 12.1. The van der Waals surface area contributed by atoms with Gasteiger partial charge in [-0.25, -0.2) is 4.79 Å². The molecular weight excluding hydrogens is 316 g/mol. The third kappa shape index (κ3) is 4.32. The molecule has 2 aromatic carbocycles. The lowest BCUT2D eigenvalue weighted by atomic mass is 10.2. The third-order valence-corrected chi connectivity index (χ3v) is 3.63. The standard InChI is InChI=1S/C19H18N4O2/c1-13-7-9-15(10-8-13)22-19(25)21-12-17(24)23-16-6-2-4-14-5-3-11-20-18(14)16/h2-11H,12H2,1H3,(H,23,24)(H2,21,22,25). The molecule has 0 fully saturated rings. The Balaban J connectivity index is 1.55. The van der Waals surface area contributed by atoms with Crippen LogP contribution in [-0.4, -0.2) is 23.5 Å². The number of para-hydroxylation sites is 1. The molecule has 6 nitrogen and oxygen atoms in total. The molecule has 126 valence electrons. The monoisotopic (exact) mass is 334 g/mol. The van der Waals surface area contributed by atoms with Gasteiger partial charge in [-0.15, -0.1) is 0 Å². The number of benzene rings is 2. The van der Waals surface area contributed by atoms with Gasteiger partial charge in [0.25, 0.3) is 0 Å². The lowest BCUT2D eigenvalue weighted by Gasteiger charge is -2.10. The summed E-state index contributed by atoms with van der Waals surface area (Å²) in [5.74, 6) is -0.322. The van der Waals surface area contributed by atoms with E-state index in [1.165, 1.54) is 0 Å².